The van der Waals surface area contributed by atoms with Gasteiger partial charge in [0.05, 0.1) is 0 Å². The van der Waals surface area contributed by atoms with Crippen molar-refractivity contribution in [2.24, 2.45) is 0 Å². The van der Waals surface area contributed by atoms with E-state index in [0.717, 1.165) is 9.92 Å². The van der Waals surface area contributed by atoms with Gasteiger partial charge in [-0.1, -0.05) is 24.2 Å². The van der Waals surface area contributed by atoms with Crippen LogP contribution in [0.4, 0.5) is 14.1 Å². The number of rotatable bonds is 0. The monoisotopic (exact) mass is 203 g/mol. The van der Waals surface area contributed by atoms with Crippen LogP contribution in [0.1, 0.15) is 0 Å². The quantitative estimate of drug-likeness (QED) is 0.607. The summed E-state index contributed by atoms with van der Waals surface area (Å²) in [6.45, 7) is 0. The molecule has 0 aliphatic carbocycles. The molecule has 0 aliphatic rings. The molecule has 0 atom stereocenters. The van der Waals surface area contributed by atoms with Crippen molar-refractivity contribution in [3.8, 4) is 0 Å². The summed E-state index contributed by atoms with van der Waals surface area (Å²) < 4.78 is 0. The van der Waals surface area contributed by atoms with E-state index in [1.54, 1.807) is 24.3 Å². The average molecular weight is 204 g/mol. The molecule has 5 heteroatoms. The van der Waals surface area contributed by atoms with Crippen molar-refractivity contribution in [1.29, 1.82) is 0 Å². The fourth-order valence-corrected chi connectivity index (χ4v) is 0.697. The Hall–Kier alpha value is -0.480. The normalized spacial score (nSPS) is 6.64. The molecular formula is C6H7ClF3S. The zero-order valence-electron chi connectivity index (χ0n) is 5.32. The van der Waals surface area contributed by atoms with Crippen LogP contribution in [0.25, 0.3) is 0 Å². The highest BCUT2D eigenvalue weighted by Crippen LogP contribution is 2.11. The molecule has 0 amide bonds. The number of halogens is 4. The third-order valence-electron chi connectivity index (χ3n) is 0.814. The maximum Gasteiger partial charge on any atom is 0.0406 e. The lowest BCUT2D eigenvalue weighted by Gasteiger charge is -1.86. The summed E-state index contributed by atoms with van der Waals surface area (Å²) >= 11 is 10.4. The lowest BCUT2D eigenvalue weighted by molar-refractivity contribution is 1.11. The molecule has 0 saturated carbocycles. The molecule has 1 aromatic rings. The number of benzene rings is 1. The average Bonchev–Trinajstić information content (AvgIpc) is 1.77. The van der Waals surface area contributed by atoms with E-state index >= 15 is 0 Å². The molecule has 11 heavy (non-hydrogen) atoms. The van der Waals surface area contributed by atoms with Crippen molar-refractivity contribution in [1.82, 2.24) is 0 Å². The molecule has 1 rings (SSSR count). The van der Waals surface area contributed by atoms with Crippen LogP contribution in [-0.2, 0) is 0 Å². The van der Waals surface area contributed by atoms with Crippen LogP contribution in [0.15, 0.2) is 29.2 Å². The molecule has 1 radical (unpaired) electrons. The molecule has 0 unspecified atom stereocenters. The van der Waals surface area contributed by atoms with Gasteiger partial charge in [0, 0.05) is 9.92 Å². The van der Waals surface area contributed by atoms with Crippen LogP contribution >= 0.6 is 24.2 Å². The second-order valence-electron chi connectivity index (χ2n) is 1.45. The third-order valence-corrected chi connectivity index (χ3v) is 1.34. The maximum absolute atomic E-state index is 5.57. The second kappa shape index (κ2) is 7.63. The Bertz CT molecular complexity index is 157. The third kappa shape index (κ3) is 5.94. The largest absolute Gasteiger partial charge is 0.269 e. The van der Waals surface area contributed by atoms with E-state index in [9.17, 15) is 0 Å². The predicted molar refractivity (Wildman–Crippen MR) is 44.8 cm³/mol. The second-order valence-corrected chi connectivity index (χ2v) is 2.36. The minimum absolute atomic E-state index is 0. The molecule has 0 heterocycles. The van der Waals surface area contributed by atoms with Gasteiger partial charge in [0.25, 0.3) is 0 Å². The van der Waals surface area contributed by atoms with Crippen molar-refractivity contribution in [2.45, 2.75) is 4.90 Å². The smallest absolute Gasteiger partial charge is 0.0406 e. The summed E-state index contributed by atoms with van der Waals surface area (Å²) in [5.74, 6) is 0. The molecule has 0 bridgehead atoms. The van der Waals surface area contributed by atoms with Gasteiger partial charge in [0.1, 0.15) is 0 Å². The SMILES string of the molecule is F.F.F.[S]c1ccc(Cl)cc1. The minimum atomic E-state index is 0. The predicted octanol–water partition coefficient (Wildman–Crippen LogP) is 3.35. The molecule has 1 aromatic carbocycles. The highest BCUT2D eigenvalue weighted by atomic mass is 35.5. The summed E-state index contributed by atoms with van der Waals surface area (Å²) in [7, 11) is 0. The maximum atomic E-state index is 5.57. The van der Waals surface area contributed by atoms with Crippen LogP contribution in [0.5, 0.6) is 0 Å². The van der Waals surface area contributed by atoms with E-state index in [-0.39, 0.29) is 14.1 Å². The Balaban J connectivity index is -0.000000213. The highest BCUT2D eigenvalue weighted by molar-refractivity contribution is 7.80. The molecule has 0 nitrogen and oxygen atoms in total. The number of hydrogen-bond acceptors (Lipinski definition) is 0. The molecule has 65 valence electrons. The molecule has 0 aromatic heterocycles. The Morgan fingerprint density at radius 1 is 0.909 bits per heavy atom. The van der Waals surface area contributed by atoms with Crippen LogP contribution in [0.2, 0.25) is 5.02 Å². The van der Waals surface area contributed by atoms with Crippen LogP contribution in [0.3, 0.4) is 0 Å². The first-order valence-corrected chi connectivity index (χ1v) is 3.00. The van der Waals surface area contributed by atoms with E-state index in [4.69, 9.17) is 24.2 Å². The number of hydrogen-bond donors (Lipinski definition) is 0. The van der Waals surface area contributed by atoms with Gasteiger partial charge in [-0.3, -0.25) is 14.1 Å². The van der Waals surface area contributed by atoms with Gasteiger partial charge < -0.3 is 0 Å². The van der Waals surface area contributed by atoms with E-state index in [1.165, 1.54) is 0 Å². The van der Waals surface area contributed by atoms with Gasteiger partial charge in [-0.2, -0.15) is 0 Å². The van der Waals surface area contributed by atoms with Crippen molar-refractivity contribution >= 4 is 24.2 Å². The standard InChI is InChI=1S/C6H4ClS.3FH/c7-5-1-3-6(8)4-2-5;;;/h1-4H;3*1H. The molecule has 0 saturated heterocycles. The summed E-state index contributed by atoms with van der Waals surface area (Å²) in [6, 6.07) is 7.17. The molecule has 0 N–H and O–H groups in total. The molecule has 0 fully saturated rings. The van der Waals surface area contributed by atoms with Gasteiger partial charge in [-0.05, 0) is 24.3 Å². The fourth-order valence-electron chi connectivity index (χ4n) is 0.435. The van der Waals surface area contributed by atoms with Crippen molar-refractivity contribution in [3.63, 3.8) is 0 Å². The Morgan fingerprint density at radius 3 is 1.55 bits per heavy atom. The zero-order valence-corrected chi connectivity index (χ0v) is 6.89. The first kappa shape index (κ1) is 16.9. The first-order chi connectivity index (χ1) is 3.79. The highest BCUT2D eigenvalue weighted by Gasteiger charge is 1.83. The Labute approximate surface area is 73.1 Å². The topological polar surface area (TPSA) is 0 Å². The van der Waals surface area contributed by atoms with E-state index in [0.29, 0.717) is 0 Å². The van der Waals surface area contributed by atoms with Gasteiger partial charge in [-0.25, -0.2) is 0 Å². The Kier molecular flexibility index (Phi) is 11.7. The molecule has 0 spiro atoms. The lowest BCUT2D eigenvalue weighted by Crippen LogP contribution is -1.61. The molecule has 0 aliphatic heterocycles. The summed E-state index contributed by atoms with van der Waals surface area (Å²) in [5, 5.41) is 0.735. The van der Waals surface area contributed by atoms with Gasteiger partial charge >= 0.3 is 0 Å². The van der Waals surface area contributed by atoms with Crippen LogP contribution < -0.4 is 0 Å². The van der Waals surface area contributed by atoms with Gasteiger partial charge in [0.15, 0.2) is 0 Å². The lowest BCUT2D eigenvalue weighted by atomic mass is 10.4. The van der Waals surface area contributed by atoms with Gasteiger partial charge in [0.2, 0.25) is 0 Å². The summed E-state index contributed by atoms with van der Waals surface area (Å²) in [4.78, 5) is 0.828. The van der Waals surface area contributed by atoms with E-state index in [2.05, 4.69) is 0 Å². The first-order valence-electron chi connectivity index (χ1n) is 2.21. The van der Waals surface area contributed by atoms with Crippen LogP contribution in [0, 0.1) is 0 Å². The minimum Gasteiger partial charge on any atom is -0.269 e. The summed E-state index contributed by atoms with van der Waals surface area (Å²) in [5.41, 5.74) is 0. The molecular weight excluding hydrogens is 197 g/mol. The zero-order chi connectivity index (χ0) is 5.98. The fraction of sp³-hybridized carbons (Fsp3) is 0. The Morgan fingerprint density at radius 2 is 1.27 bits per heavy atom. The van der Waals surface area contributed by atoms with E-state index < -0.39 is 0 Å². The van der Waals surface area contributed by atoms with E-state index in [1.807, 2.05) is 0 Å². The van der Waals surface area contributed by atoms with Crippen LogP contribution in [-0.4, -0.2) is 0 Å². The van der Waals surface area contributed by atoms with Crippen molar-refractivity contribution in [2.75, 3.05) is 0 Å². The summed E-state index contributed by atoms with van der Waals surface area (Å²) in [6.07, 6.45) is 0. The van der Waals surface area contributed by atoms with Gasteiger partial charge in [-0.15, -0.1) is 0 Å². The van der Waals surface area contributed by atoms with Crippen molar-refractivity contribution in [3.05, 3.63) is 29.3 Å². The van der Waals surface area contributed by atoms with Crippen molar-refractivity contribution < 1.29 is 14.1 Å².